The molecule has 3 nitrogen and oxygen atoms in total. The third-order valence-electron chi connectivity index (χ3n) is 2.97. The average Bonchev–Trinajstić information content (AvgIpc) is 2.71. The van der Waals surface area contributed by atoms with Crippen LogP contribution in [0.15, 0.2) is 34.9 Å². The lowest BCUT2D eigenvalue weighted by molar-refractivity contribution is 0.606. The Hall–Kier alpha value is -1.13. The molecule has 0 saturated carbocycles. The van der Waals surface area contributed by atoms with Crippen LogP contribution in [0.5, 0.6) is 0 Å². The fourth-order valence-electron chi connectivity index (χ4n) is 1.94. The fourth-order valence-corrected chi connectivity index (χ4v) is 2.34. The first-order valence-electron chi connectivity index (χ1n) is 5.54. The fraction of sp³-hybridized carbons (Fsp3) is 0.308. The van der Waals surface area contributed by atoms with Crippen molar-refractivity contribution < 1.29 is 0 Å². The van der Waals surface area contributed by atoms with Gasteiger partial charge in [0.1, 0.15) is 0 Å². The smallest absolute Gasteiger partial charge is 0.0746 e. The Morgan fingerprint density at radius 2 is 2.12 bits per heavy atom. The molecule has 1 heterocycles. The van der Waals surface area contributed by atoms with Gasteiger partial charge in [-0.05, 0) is 37.2 Å². The van der Waals surface area contributed by atoms with Crippen molar-refractivity contribution in [3.05, 3.63) is 51.8 Å². The Morgan fingerprint density at radius 1 is 1.35 bits per heavy atom. The summed E-state index contributed by atoms with van der Waals surface area (Å²) >= 11 is 3.58. The molecule has 2 rings (SSSR count). The summed E-state index contributed by atoms with van der Waals surface area (Å²) in [4.78, 5) is 0. The van der Waals surface area contributed by atoms with E-state index in [0.717, 1.165) is 10.2 Å². The van der Waals surface area contributed by atoms with Crippen LogP contribution in [-0.4, -0.2) is 16.8 Å². The summed E-state index contributed by atoms with van der Waals surface area (Å²) in [6.07, 6.45) is 1.82. The first-order valence-corrected chi connectivity index (χ1v) is 6.34. The monoisotopic (exact) mass is 293 g/mol. The second-order valence-electron chi connectivity index (χ2n) is 4.11. The van der Waals surface area contributed by atoms with Crippen LogP contribution >= 0.6 is 15.9 Å². The summed E-state index contributed by atoms with van der Waals surface area (Å²) < 4.78 is 3.03. The van der Waals surface area contributed by atoms with Crippen LogP contribution in [0.3, 0.4) is 0 Å². The lowest BCUT2D eigenvalue weighted by Crippen LogP contribution is -2.20. The Bertz CT molecular complexity index is 519. The minimum atomic E-state index is 0.166. The van der Waals surface area contributed by atoms with Crippen LogP contribution in [0.2, 0.25) is 0 Å². The Morgan fingerprint density at radius 3 is 2.65 bits per heavy atom. The Kier molecular flexibility index (Phi) is 3.64. The number of aryl methyl sites for hydroxylation is 2. The largest absolute Gasteiger partial charge is 0.308 e. The van der Waals surface area contributed by atoms with Crippen LogP contribution in [0.1, 0.15) is 22.9 Å². The Labute approximate surface area is 110 Å². The van der Waals surface area contributed by atoms with E-state index in [1.165, 1.54) is 11.1 Å². The van der Waals surface area contributed by atoms with Gasteiger partial charge in [-0.25, -0.2) is 0 Å². The molecule has 0 aliphatic carbocycles. The molecule has 4 heteroatoms. The molecule has 0 radical (unpaired) electrons. The number of benzene rings is 1. The number of hydrogen-bond acceptors (Lipinski definition) is 2. The van der Waals surface area contributed by atoms with Crippen molar-refractivity contribution in [1.82, 2.24) is 15.1 Å². The van der Waals surface area contributed by atoms with E-state index in [-0.39, 0.29) is 6.04 Å². The predicted molar refractivity (Wildman–Crippen MR) is 73.0 cm³/mol. The SMILES string of the molecule is CNC(c1ccc(C)c(Br)c1)c1ccnn1C. The van der Waals surface area contributed by atoms with Crippen molar-refractivity contribution in [3.63, 3.8) is 0 Å². The molecular weight excluding hydrogens is 278 g/mol. The molecule has 0 saturated heterocycles. The average molecular weight is 294 g/mol. The summed E-state index contributed by atoms with van der Waals surface area (Å²) in [5, 5.41) is 7.54. The number of nitrogens with zero attached hydrogens (tertiary/aromatic N) is 2. The third kappa shape index (κ3) is 2.42. The zero-order chi connectivity index (χ0) is 12.4. The van der Waals surface area contributed by atoms with Gasteiger partial charge in [-0.15, -0.1) is 0 Å². The van der Waals surface area contributed by atoms with E-state index in [1.54, 1.807) is 0 Å². The molecule has 1 aromatic heterocycles. The molecule has 0 aliphatic heterocycles. The maximum Gasteiger partial charge on any atom is 0.0746 e. The van der Waals surface area contributed by atoms with Gasteiger partial charge in [-0.2, -0.15) is 5.10 Å². The summed E-state index contributed by atoms with van der Waals surface area (Å²) in [6.45, 7) is 2.09. The van der Waals surface area contributed by atoms with Gasteiger partial charge in [0.25, 0.3) is 0 Å². The highest BCUT2D eigenvalue weighted by Crippen LogP contribution is 2.25. The first-order chi connectivity index (χ1) is 8.13. The number of halogens is 1. The molecule has 1 aromatic carbocycles. The van der Waals surface area contributed by atoms with E-state index < -0.39 is 0 Å². The first kappa shape index (κ1) is 12.3. The number of hydrogen-bond donors (Lipinski definition) is 1. The van der Waals surface area contributed by atoms with E-state index >= 15 is 0 Å². The van der Waals surface area contributed by atoms with Gasteiger partial charge in [0.15, 0.2) is 0 Å². The van der Waals surface area contributed by atoms with Crippen molar-refractivity contribution in [2.24, 2.45) is 7.05 Å². The summed E-state index contributed by atoms with van der Waals surface area (Å²) in [7, 11) is 3.92. The van der Waals surface area contributed by atoms with Gasteiger partial charge in [0, 0.05) is 17.7 Å². The van der Waals surface area contributed by atoms with Gasteiger partial charge in [0.2, 0.25) is 0 Å². The van der Waals surface area contributed by atoms with Crippen molar-refractivity contribution in [3.8, 4) is 0 Å². The third-order valence-corrected chi connectivity index (χ3v) is 3.83. The number of nitrogens with one attached hydrogen (secondary N) is 1. The number of rotatable bonds is 3. The molecule has 1 unspecified atom stereocenters. The second-order valence-corrected chi connectivity index (χ2v) is 4.96. The van der Waals surface area contributed by atoms with E-state index in [1.807, 2.05) is 31.0 Å². The topological polar surface area (TPSA) is 29.9 Å². The molecule has 1 atom stereocenters. The molecule has 0 fully saturated rings. The highest BCUT2D eigenvalue weighted by atomic mass is 79.9. The van der Waals surface area contributed by atoms with E-state index in [2.05, 4.69) is 51.5 Å². The van der Waals surface area contributed by atoms with Crippen molar-refractivity contribution in [1.29, 1.82) is 0 Å². The molecule has 1 N–H and O–H groups in total. The van der Waals surface area contributed by atoms with Crippen molar-refractivity contribution >= 4 is 15.9 Å². The quantitative estimate of drug-likeness (QED) is 0.943. The molecule has 0 aliphatic rings. The lowest BCUT2D eigenvalue weighted by atomic mass is 10.0. The van der Waals surface area contributed by atoms with Gasteiger partial charge in [-0.3, -0.25) is 4.68 Å². The maximum absolute atomic E-state index is 4.22. The van der Waals surface area contributed by atoms with Crippen molar-refractivity contribution in [2.75, 3.05) is 7.05 Å². The van der Waals surface area contributed by atoms with Crippen molar-refractivity contribution in [2.45, 2.75) is 13.0 Å². The predicted octanol–water partition coefficient (Wildman–Crippen LogP) is 2.80. The van der Waals surface area contributed by atoms with Crippen LogP contribution in [0.4, 0.5) is 0 Å². The molecule has 17 heavy (non-hydrogen) atoms. The molecule has 0 bridgehead atoms. The highest BCUT2D eigenvalue weighted by molar-refractivity contribution is 9.10. The number of aromatic nitrogens is 2. The summed E-state index contributed by atoms with van der Waals surface area (Å²) in [5.41, 5.74) is 3.63. The van der Waals surface area contributed by atoms with Crippen LogP contribution in [0, 0.1) is 6.92 Å². The molecule has 2 aromatic rings. The van der Waals surface area contributed by atoms with Gasteiger partial charge in [-0.1, -0.05) is 28.1 Å². The normalized spacial score (nSPS) is 12.7. The van der Waals surface area contributed by atoms with Crippen LogP contribution < -0.4 is 5.32 Å². The maximum atomic E-state index is 4.22. The zero-order valence-corrected chi connectivity index (χ0v) is 11.8. The Balaban J connectivity index is 2.42. The molecule has 0 amide bonds. The second kappa shape index (κ2) is 5.02. The molecule has 0 spiro atoms. The minimum absolute atomic E-state index is 0.166. The van der Waals surface area contributed by atoms with Crippen LogP contribution in [-0.2, 0) is 7.05 Å². The van der Waals surface area contributed by atoms with E-state index in [9.17, 15) is 0 Å². The van der Waals surface area contributed by atoms with Gasteiger partial charge >= 0.3 is 0 Å². The summed E-state index contributed by atoms with van der Waals surface area (Å²) in [5.74, 6) is 0. The van der Waals surface area contributed by atoms with E-state index in [0.29, 0.717) is 0 Å². The van der Waals surface area contributed by atoms with Gasteiger partial charge < -0.3 is 5.32 Å². The zero-order valence-electron chi connectivity index (χ0n) is 10.2. The standard InChI is InChI=1S/C13H16BrN3/c1-9-4-5-10(8-11(9)14)13(15-2)12-6-7-16-17(12)3/h4-8,13,15H,1-3H3. The lowest BCUT2D eigenvalue weighted by Gasteiger charge is -2.17. The highest BCUT2D eigenvalue weighted by Gasteiger charge is 2.15. The van der Waals surface area contributed by atoms with E-state index in [4.69, 9.17) is 0 Å². The van der Waals surface area contributed by atoms with Crippen LogP contribution in [0.25, 0.3) is 0 Å². The van der Waals surface area contributed by atoms with Gasteiger partial charge in [0.05, 0.1) is 11.7 Å². The minimum Gasteiger partial charge on any atom is -0.308 e. The molecular formula is C13H16BrN3. The summed E-state index contributed by atoms with van der Waals surface area (Å²) in [6, 6.07) is 8.63. The molecule has 90 valence electrons.